The Morgan fingerprint density at radius 2 is 1.94 bits per heavy atom. The van der Waals surface area contributed by atoms with Crippen LogP contribution in [0.2, 0.25) is 0 Å². The molecule has 1 heterocycles. The van der Waals surface area contributed by atoms with Gasteiger partial charge in [0.25, 0.3) is 0 Å². The van der Waals surface area contributed by atoms with Crippen molar-refractivity contribution in [3.05, 3.63) is 29.3 Å². The number of aliphatic carboxylic acids is 1. The van der Waals surface area contributed by atoms with Gasteiger partial charge in [-0.25, -0.2) is 9.18 Å². The van der Waals surface area contributed by atoms with Gasteiger partial charge >= 0.3 is 11.9 Å². The van der Waals surface area contributed by atoms with Crippen LogP contribution in [0.25, 0.3) is 0 Å². The number of aliphatic hydroxyl groups excluding tert-OH is 2. The fourth-order valence-electron chi connectivity index (χ4n) is 1.27. The normalized spacial score (nSPS) is 13.9. The molecule has 2 unspecified atom stereocenters. The van der Waals surface area contributed by atoms with Crippen molar-refractivity contribution in [2.24, 2.45) is 0 Å². The molecule has 0 aliphatic rings. The Morgan fingerprint density at radius 3 is 2.44 bits per heavy atom. The van der Waals surface area contributed by atoms with Gasteiger partial charge in [-0.3, -0.25) is 9.78 Å². The van der Waals surface area contributed by atoms with Crippen LogP contribution in [0.1, 0.15) is 28.6 Å². The standard InChI is InChI=1S/C10H10FNO6/c11-5-3-12-6(1-4(5)10(17)18)9(16)7(13)2-8(14)15/h1,3,7,9,13,16H,2H2,(H,14,15)(H,17,18). The predicted molar refractivity (Wildman–Crippen MR) is 54.4 cm³/mol. The molecular weight excluding hydrogens is 249 g/mol. The number of hydrogen-bond acceptors (Lipinski definition) is 5. The molecule has 8 heteroatoms. The Hall–Kier alpha value is -2.06. The van der Waals surface area contributed by atoms with Gasteiger partial charge < -0.3 is 20.4 Å². The molecular formula is C10H10FNO6. The van der Waals surface area contributed by atoms with Gasteiger partial charge in [-0.1, -0.05) is 0 Å². The van der Waals surface area contributed by atoms with Crippen molar-refractivity contribution >= 4 is 11.9 Å². The second-order valence-corrected chi connectivity index (χ2v) is 3.50. The molecule has 0 aliphatic heterocycles. The van der Waals surface area contributed by atoms with Crippen molar-refractivity contribution in [1.29, 1.82) is 0 Å². The molecule has 0 aromatic carbocycles. The first-order valence-corrected chi connectivity index (χ1v) is 4.79. The van der Waals surface area contributed by atoms with Crippen LogP contribution in [-0.4, -0.2) is 43.5 Å². The summed E-state index contributed by atoms with van der Waals surface area (Å²) in [5.41, 5.74) is -1.04. The number of carboxylic acid groups (broad SMARTS) is 2. The van der Waals surface area contributed by atoms with Crippen LogP contribution in [0.5, 0.6) is 0 Å². The van der Waals surface area contributed by atoms with Gasteiger partial charge in [0.15, 0.2) is 5.82 Å². The largest absolute Gasteiger partial charge is 0.481 e. The summed E-state index contributed by atoms with van der Waals surface area (Å²) >= 11 is 0. The zero-order valence-corrected chi connectivity index (χ0v) is 8.95. The number of aromatic carboxylic acids is 1. The minimum atomic E-state index is -1.71. The molecule has 0 bridgehead atoms. The van der Waals surface area contributed by atoms with Crippen molar-refractivity contribution in [3.63, 3.8) is 0 Å². The Balaban J connectivity index is 2.99. The third kappa shape index (κ3) is 3.22. The van der Waals surface area contributed by atoms with Crippen LogP contribution in [0.15, 0.2) is 12.3 Å². The highest BCUT2D eigenvalue weighted by molar-refractivity contribution is 5.87. The highest BCUT2D eigenvalue weighted by atomic mass is 19.1. The first kappa shape index (κ1) is 14.0. The average Bonchev–Trinajstić information content (AvgIpc) is 2.27. The number of rotatable bonds is 5. The molecule has 1 aromatic heterocycles. The van der Waals surface area contributed by atoms with Crippen LogP contribution in [0.3, 0.4) is 0 Å². The lowest BCUT2D eigenvalue weighted by Gasteiger charge is -2.15. The molecule has 4 N–H and O–H groups in total. The van der Waals surface area contributed by atoms with Crippen LogP contribution in [0.4, 0.5) is 4.39 Å². The monoisotopic (exact) mass is 259 g/mol. The summed E-state index contributed by atoms with van der Waals surface area (Å²) < 4.78 is 13.0. The van der Waals surface area contributed by atoms with E-state index >= 15 is 0 Å². The van der Waals surface area contributed by atoms with Gasteiger partial charge in [0.2, 0.25) is 0 Å². The van der Waals surface area contributed by atoms with Gasteiger partial charge in [-0.2, -0.15) is 0 Å². The molecule has 0 fully saturated rings. The number of aliphatic hydroxyl groups is 2. The maximum absolute atomic E-state index is 13.0. The van der Waals surface area contributed by atoms with E-state index in [1.807, 2.05) is 0 Å². The SMILES string of the molecule is O=C(O)CC(O)C(O)c1cc(C(=O)O)c(F)cn1. The number of aromatic nitrogens is 1. The first-order chi connectivity index (χ1) is 8.32. The van der Waals surface area contributed by atoms with Crippen molar-refractivity contribution in [2.45, 2.75) is 18.6 Å². The molecule has 0 aliphatic carbocycles. The maximum Gasteiger partial charge on any atom is 0.338 e. The Morgan fingerprint density at radius 1 is 1.33 bits per heavy atom. The molecule has 1 rings (SSSR count). The van der Waals surface area contributed by atoms with E-state index in [9.17, 15) is 24.2 Å². The van der Waals surface area contributed by atoms with Crippen molar-refractivity contribution < 1.29 is 34.4 Å². The van der Waals surface area contributed by atoms with Crippen LogP contribution >= 0.6 is 0 Å². The fraction of sp³-hybridized carbons (Fsp3) is 0.300. The van der Waals surface area contributed by atoms with E-state index in [4.69, 9.17) is 10.2 Å². The Kier molecular flexibility index (Phi) is 4.29. The molecule has 98 valence electrons. The molecule has 18 heavy (non-hydrogen) atoms. The lowest BCUT2D eigenvalue weighted by atomic mass is 10.1. The summed E-state index contributed by atoms with van der Waals surface area (Å²) in [5, 5.41) is 35.9. The summed E-state index contributed by atoms with van der Waals surface area (Å²) in [5.74, 6) is -4.00. The average molecular weight is 259 g/mol. The third-order valence-electron chi connectivity index (χ3n) is 2.16. The molecule has 0 radical (unpaired) electrons. The highest BCUT2D eigenvalue weighted by Gasteiger charge is 2.24. The topological polar surface area (TPSA) is 128 Å². The highest BCUT2D eigenvalue weighted by Crippen LogP contribution is 2.19. The van der Waals surface area contributed by atoms with Crippen molar-refractivity contribution in [3.8, 4) is 0 Å². The van der Waals surface area contributed by atoms with E-state index in [-0.39, 0.29) is 5.69 Å². The second kappa shape index (κ2) is 5.52. The number of carboxylic acids is 2. The number of carbonyl (C=O) groups is 2. The first-order valence-electron chi connectivity index (χ1n) is 4.79. The van der Waals surface area contributed by atoms with E-state index in [2.05, 4.69) is 4.98 Å². The second-order valence-electron chi connectivity index (χ2n) is 3.50. The third-order valence-corrected chi connectivity index (χ3v) is 2.16. The Bertz CT molecular complexity index is 477. The number of hydrogen-bond donors (Lipinski definition) is 4. The maximum atomic E-state index is 13.0. The van der Waals surface area contributed by atoms with Gasteiger partial charge in [0.1, 0.15) is 6.10 Å². The summed E-state index contributed by atoms with van der Waals surface area (Å²) in [6, 6.07) is 0.743. The number of halogens is 1. The molecule has 7 nitrogen and oxygen atoms in total. The summed E-state index contributed by atoms with van der Waals surface area (Å²) in [6.07, 6.45) is -3.54. The molecule has 0 saturated heterocycles. The van der Waals surface area contributed by atoms with E-state index in [0.717, 1.165) is 6.07 Å². The van der Waals surface area contributed by atoms with E-state index in [1.165, 1.54) is 0 Å². The molecule has 2 atom stereocenters. The Labute approximate surface area is 100 Å². The van der Waals surface area contributed by atoms with Crippen LogP contribution < -0.4 is 0 Å². The van der Waals surface area contributed by atoms with Gasteiger partial charge in [-0.05, 0) is 6.07 Å². The van der Waals surface area contributed by atoms with E-state index < -0.39 is 41.9 Å². The van der Waals surface area contributed by atoms with Crippen LogP contribution in [-0.2, 0) is 4.79 Å². The fourth-order valence-corrected chi connectivity index (χ4v) is 1.27. The summed E-state index contributed by atoms with van der Waals surface area (Å²) in [4.78, 5) is 24.4. The summed E-state index contributed by atoms with van der Waals surface area (Å²) in [6.45, 7) is 0. The quantitative estimate of drug-likeness (QED) is 0.575. The van der Waals surface area contributed by atoms with E-state index in [0.29, 0.717) is 6.20 Å². The number of pyridine rings is 1. The van der Waals surface area contributed by atoms with Crippen molar-refractivity contribution in [1.82, 2.24) is 4.98 Å². The predicted octanol–water partition coefficient (Wildman–Crippen LogP) is -0.212. The molecule has 1 aromatic rings. The minimum absolute atomic E-state index is 0.317. The molecule has 0 saturated carbocycles. The van der Waals surface area contributed by atoms with Gasteiger partial charge in [0.05, 0.1) is 30.0 Å². The lowest BCUT2D eigenvalue weighted by molar-refractivity contribution is -0.141. The summed E-state index contributed by atoms with van der Waals surface area (Å²) in [7, 11) is 0. The smallest absolute Gasteiger partial charge is 0.338 e. The van der Waals surface area contributed by atoms with Crippen molar-refractivity contribution in [2.75, 3.05) is 0 Å². The van der Waals surface area contributed by atoms with E-state index in [1.54, 1.807) is 0 Å². The van der Waals surface area contributed by atoms with Crippen LogP contribution in [0, 0.1) is 5.82 Å². The van der Waals surface area contributed by atoms with Gasteiger partial charge in [0, 0.05) is 0 Å². The van der Waals surface area contributed by atoms with Gasteiger partial charge in [-0.15, -0.1) is 0 Å². The zero-order chi connectivity index (χ0) is 13.9. The number of nitrogens with zero attached hydrogens (tertiary/aromatic N) is 1. The zero-order valence-electron chi connectivity index (χ0n) is 8.95. The molecule has 0 spiro atoms. The lowest BCUT2D eigenvalue weighted by Crippen LogP contribution is -2.23. The minimum Gasteiger partial charge on any atom is -0.481 e. The molecule has 0 amide bonds.